The van der Waals surface area contributed by atoms with Gasteiger partial charge in [-0.05, 0) is 18.2 Å². The molecule has 0 bridgehead atoms. The summed E-state index contributed by atoms with van der Waals surface area (Å²) in [6, 6.07) is 24.8. The van der Waals surface area contributed by atoms with Gasteiger partial charge in [0, 0.05) is 32.7 Å². The molecule has 0 aliphatic rings. The zero-order valence-electron chi connectivity index (χ0n) is 16.1. The van der Waals surface area contributed by atoms with Crippen LogP contribution in [-0.2, 0) is 0 Å². The molecule has 8 heteroatoms. The van der Waals surface area contributed by atoms with Crippen molar-refractivity contribution in [1.82, 2.24) is 29.1 Å². The molecule has 0 aliphatic heterocycles. The van der Waals surface area contributed by atoms with Crippen LogP contribution in [0.4, 0.5) is 0 Å². The van der Waals surface area contributed by atoms with E-state index in [0.29, 0.717) is 0 Å². The standard InChI is InChI=1S/C21H16BN6.K/c1-4-10-19-16(7-1)13-23-26(19)22(27-20-11-5-2-8-17(20)14-24-27)28-21-12-6-3-9-18(21)15-25-28;/h1-15,22H;/q-1;+1. The van der Waals surface area contributed by atoms with Crippen molar-refractivity contribution in [2.24, 2.45) is 0 Å². The molecular weight excluding hydrogens is 386 g/mol. The average molecular weight is 402 g/mol. The van der Waals surface area contributed by atoms with Crippen molar-refractivity contribution < 1.29 is 51.4 Å². The van der Waals surface area contributed by atoms with E-state index in [0.717, 1.165) is 32.7 Å². The summed E-state index contributed by atoms with van der Waals surface area (Å²) in [7, 11) is -1.46. The van der Waals surface area contributed by atoms with Gasteiger partial charge < -0.3 is 13.8 Å². The fraction of sp³-hybridized carbons (Fsp3) is 0. The van der Waals surface area contributed by atoms with Crippen molar-refractivity contribution >= 4 is 39.8 Å². The van der Waals surface area contributed by atoms with Gasteiger partial charge in [-0.3, -0.25) is 0 Å². The van der Waals surface area contributed by atoms with Gasteiger partial charge in [-0.25, -0.2) is 15.3 Å². The molecule has 6 aromatic rings. The fourth-order valence-corrected chi connectivity index (χ4v) is 4.13. The summed E-state index contributed by atoms with van der Waals surface area (Å²) >= 11 is 0. The minimum atomic E-state index is -1.46. The van der Waals surface area contributed by atoms with E-state index in [1.807, 2.05) is 55.0 Å². The van der Waals surface area contributed by atoms with E-state index in [1.54, 1.807) is 0 Å². The molecule has 0 saturated heterocycles. The third-order valence-electron chi connectivity index (χ3n) is 5.46. The molecule has 6 nitrogen and oxygen atoms in total. The van der Waals surface area contributed by atoms with E-state index < -0.39 is 7.12 Å². The second-order valence-electron chi connectivity index (χ2n) is 7.03. The van der Waals surface area contributed by atoms with Gasteiger partial charge in [-0.1, -0.05) is 54.6 Å². The molecule has 0 unspecified atom stereocenters. The van der Waals surface area contributed by atoms with Crippen LogP contribution in [0.2, 0.25) is 0 Å². The topological polar surface area (TPSA) is 53.5 Å². The molecule has 0 atom stereocenters. The SMILES string of the molecule is [K+].c1ccc2c(c1)cnn2[BH-](n1ncc2ccccc21)n1ncc2ccccc21. The molecule has 3 aromatic carbocycles. The smallest absolute Gasteiger partial charge is 0.396 e. The van der Waals surface area contributed by atoms with Gasteiger partial charge in [-0.15, -0.1) is 0 Å². The fourth-order valence-electron chi connectivity index (χ4n) is 4.13. The van der Waals surface area contributed by atoms with E-state index in [-0.39, 0.29) is 51.4 Å². The number of aromatic nitrogens is 6. The summed E-state index contributed by atoms with van der Waals surface area (Å²) in [6.07, 6.45) is 5.73. The molecule has 0 aliphatic carbocycles. The second-order valence-corrected chi connectivity index (χ2v) is 7.03. The van der Waals surface area contributed by atoms with Crippen LogP contribution in [0, 0.1) is 0 Å². The quantitative estimate of drug-likeness (QED) is 0.403. The van der Waals surface area contributed by atoms with Gasteiger partial charge in [0.25, 0.3) is 0 Å². The summed E-state index contributed by atoms with van der Waals surface area (Å²) in [5, 5.41) is 17.6. The number of hydrogen-bond acceptors (Lipinski definition) is 3. The van der Waals surface area contributed by atoms with Crippen LogP contribution in [0.5, 0.6) is 0 Å². The van der Waals surface area contributed by atoms with E-state index >= 15 is 0 Å². The summed E-state index contributed by atoms with van der Waals surface area (Å²) in [6.45, 7) is 0. The second kappa shape index (κ2) is 7.55. The van der Waals surface area contributed by atoms with Crippen molar-refractivity contribution in [2.75, 3.05) is 0 Å². The van der Waals surface area contributed by atoms with Crippen LogP contribution in [0.3, 0.4) is 0 Å². The Labute approximate surface area is 209 Å². The molecule has 29 heavy (non-hydrogen) atoms. The van der Waals surface area contributed by atoms with Crippen molar-refractivity contribution in [3.63, 3.8) is 0 Å². The Morgan fingerprint density at radius 3 is 1.14 bits per heavy atom. The van der Waals surface area contributed by atoms with Crippen molar-refractivity contribution in [1.29, 1.82) is 0 Å². The van der Waals surface area contributed by atoms with E-state index in [4.69, 9.17) is 15.3 Å². The molecular formula is C21H16BKN6. The van der Waals surface area contributed by atoms with Gasteiger partial charge in [0.15, 0.2) is 0 Å². The largest absolute Gasteiger partial charge is 1.00 e. The van der Waals surface area contributed by atoms with Gasteiger partial charge in [0.2, 0.25) is 0 Å². The van der Waals surface area contributed by atoms with Crippen LogP contribution in [0.25, 0.3) is 32.7 Å². The molecule has 3 heterocycles. The Balaban J connectivity index is 0.00000181. The van der Waals surface area contributed by atoms with Crippen LogP contribution in [0.15, 0.2) is 91.4 Å². The zero-order chi connectivity index (χ0) is 18.5. The summed E-state index contributed by atoms with van der Waals surface area (Å²) < 4.78 is 6.19. The molecule has 0 N–H and O–H groups in total. The van der Waals surface area contributed by atoms with Crippen molar-refractivity contribution in [3.8, 4) is 0 Å². The summed E-state index contributed by atoms with van der Waals surface area (Å²) in [4.78, 5) is 0. The normalized spacial score (nSPS) is 11.5. The number of para-hydroxylation sites is 3. The maximum absolute atomic E-state index is 4.75. The molecule has 0 radical (unpaired) electrons. The number of benzene rings is 3. The van der Waals surface area contributed by atoms with Crippen molar-refractivity contribution in [2.45, 2.75) is 0 Å². The molecule has 6 rings (SSSR count). The Morgan fingerprint density at radius 2 is 0.793 bits per heavy atom. The molecule has 134 valence electrons. The summed E-state index contributed by atoms with van der Waals surface area (Å²) in [5.74, 6) is 0. The number of nitrogens with zero attached hydrogens (tertiary/aromatic N) is 6. The first-order chi connectivity index (χ1) is 13.9. The minimum absolute atomic E-state index is 0. The number of hydrogen-bond donors (Lipinski definition) is 0. The average Bonchev–Trinajstić information content (AvgIpc) is 3.47. The van der Waals surface area contributed by atoms with Crippen molar-refractivity contribution in [3.05, 3.63) is 91.4 Å². The molecule has 0 amide bonds. The third-order valence-corrected chi connectivity index (χ3v) is 5.46. The first kappa shape index (κ1) is 18.8. The van der Waals surface area contributed by atoms with Gasteiger partial charge >= 0.3 is 58.5 Å². The van der Waals surface area contributed by atoms with Gasteiger partial charge in [-0.2, -0.15) is 0 Å². The minimum Gasteiger partial charge on any atom is -0.396 e. The Kier molecular flexibility index (Phi) is 4.89. The first-order valence-electron chi connectivity index (χ1n) is 9.34. The van der Waals surface area contributed by atoms with Gasteiger partial charge in [0.1, 0.15) is 0 Å². The molecule has 0 spiro atoms. The van der Waals surface area contributed by atoms with Gasteiger partial charge in [0.05, 0.1) is 18.6 Å². The van der Waals surface area contributed by atoms with Crippen LogP contribution in [0.1, 0.15) is 0 Å². The maximum Gasteiger partial charge on any atom is 1.00 e. The van der Waals surface area contributed by atoms with E-state index in [9.17, 15) is 0 Å². The molecule has 3 aromatic heterocycles. The molecule has 0 saturated carbocycles. The maximum atomic E-state index is 4.75. The van der Waals surface area contributed by atoms with Crippen LogP contribution < -0.4 is 51.4 Å². The monoisotopic (exact) mass is 402 g/mol. The molecule has 0 fully saturated rings. The van der Waals surface area contributed by atoms with Crippen LogP contribution >= 0.6 is 0 Å². The number of rotatable bonds is 3. The Bertz CT molecular complexity index is 1270. The third kappa shape index (κ3) is 2.99. The predicted octanol–water partition coefficient (Wildman–Crippen LogP) is 0.402. The number of fused-ring (bicyclic) bond motifs is 3. The van der Waals surface area contributed by atoms with E-state index in [2.05, 4.69) is 50.2 Å². The van der Waals surface area contributed by atoms with Crippen LogP contribution in [-0.4, -0.2) is 36.2 Å². The Morgan fingerprint density at radius 1 is 0.483 bits per heavy atom. The predicted molar refractivity (Wildman–Crippen MR) is 113 cm³/mol. The Hall–Kier alpha value is -2.23. The zero-order valence-corrected chi connectivity index (χ0v) is 19.2. The van der Waals surface area contributed by atoms with E-state index in [1.165, 1.54) is 0 Å². The first-order valence-corrected chi connectivity index (χ1v) is 9.34. The summed E-state index contributed by atoms with van der Waals surface area (Å²) in [5.41, 5.74) is 3.21.